The molecule has 1 aromatic carbocycles. The third-order valence-corrected chi connectivity index (χ3v) is 3.33. The Morgan fingerprint density at radius 2 is 1.89 bits per heavy atom. The number of amides is 1. The third-order valence-electron chi connectivity index (χ3n) is 3.33. The number of nitrogens with zero attached hydrogens (tertiary/aromatic N) is 1. The summed E-state index contributed by atoms with van der Waals surface area (Å²) in [4.78, 5) is 11.3. The molecule has 102 valence electrons. The molecule has 0 atom stereocenters. The summed E-state index contributed by atoms with van der Waals surface area (Å²) in [5.74, 6) is 0.307. The lowest BCUT2D eigenvalue weighted by Crippen LogP contribution is -2.36. The van der Waals surface area contributed by atoms with Crippen molar-refractivity contribution in [2.45, 2.75) is 45.4 Å². The minimum atomic E-state index is -0.214. The van der Waals surface area contributed by atoms with Crippen LogP contribution in [0.2, 0.25) is 0 Å². The van der Waals surface area contributed by atoms with Gasteiger partial charge in [0.15, 0.2) is 0 Å². The summed E-state index contributed by atoms with van der Waals surface area (Å²) in [6, 6.07) is 10.4. The monoisotopic (exact) mass is 258 g/mol. The van der Waals surface area contributed by atoms with Crippen molar-refractivity contribution < 1.29 is 4.79 Å². The SMILES string of the molecule is CC(C)c1ccc(C(C)(C)CNC(=O)CC#N)cc1. The minimum absolute atomic E-state index is 0.0810. The van der Waals surface area contributed by atoms with Gasteiger partial charge in [-0.15, -0.1) is 0 Å². The lowest BCUT2D eigenvalue weighted by Gasteiger charge is -2.26. The van der Waals surface area contributed by atoms with Crippen LogP contribution in [0.5, 0.6) is 0 Å². The number of hydrogen-bond acceptors (Lipinski definition) is 2. The standard InChI is InChI=1S/C16H22N2O/c1-12(2)13-5-7-14(8-6-13)16(3,4)11-18-15(19)9-10-17/h5-8,12H,9,11H2,1-4H3,(H,18,19). The minimum Gasteiger partial charge on any atom is -0.354 e. The Morgan fingerprint density at radius 1 is 1.32 bits per heavy atom. The molecule has 1 rings (SSSR count). The van der Waals surface area contributed by atoms with E-state index in [4.69, 9.17) is 5.26 Å². The molecule has 1 N–H and O–H groups in total. The molecule has 3 nitrogen and oxygen atoms in total. The largest absolute Gasteiger partial charge is 0.354 e. The molecule has 0 saturated carbocycles. The predicted octanol–water partition coefficient (Wildman–Crippen LogP) is 3.12. The highest BCUT2D eigenvalue weighted by atomic mass is 16.1. The molecule has 0 saturated heterocycles. The van der Waals surface area contributed by atoms with Crippen molar-refractivity contribution in [1.29, 1.82) is 5.26 Å². The number of hydrogen-bond donors (Lipinski definition) is 1. The van der Waals surface area contributed by atoms with Gasteiger partial charge < -0.3 is 5.32 Å². The summed E-state index contributed by atoms with van der Waals surface area (Å²) < 4.78 is 0. The van der Waals surface area contributed by atoms with E-state index < -0.39 is 0 Å². The van der Waals surface area contributed by atoms with Crippen LogP contribution in [-0.2, 0) is 10.2 Å². The van der Waals surface area contributed by atoms with Gasteiger partial charge in [-0.1, -0.05) is 52.0 Å². The fourth-order valence-corrected chi connectivity index (χ4v) is 1.88. The van der Waals surface area contributed by atoms with Crippen LogP contribution in [0.25, 0.3) is 0 Å². The van der Waals surface area contributed by atoms with Gasteiger partial charge in [-0.2, -0.15) is 5.26 Å². The van der Waals surface area contributed by atoms with Crippen molar-refractivity contribution in [3.8, 4) is 6.07 Å². The van der Waals surface area contributed by atoms with E-state index in [9.17, 15) is 4.79 Å². The second-order valence-electron chi connectivity index (χ2n) is 5.77. The van der Waals surface area contributed by atoms with Crippen LogP contribution in [0.3, 0.4) is 0 Å². The Bertz CT molecular complexity index is 467. The molecule has 0 fully saturated rings. The highest BCUT2D eigenvalue weighted by Crippen LogP contribution is 2.24. The van der Waals surface area contributed by atoms with Crippen molar-refractivity contribution in [2.24, 2.45) is 0 Å². The van der Waals surface area contributed by atoms with Crippen molar-refractivity contribution >= 4 is 5.91 Å². The molecule has 3 heteroatoms. The summed E-state index contributed by atoms with van der Waals surface area (Å²) >= 11 is 0. The van der Waals surface area contributed by atoms with Crippen molar-refractivity contribution in [2.75, 3.05) is 6.54 Å². The Balaban J connectivity index is 2.71. The van der Waals surface area contributed by atoms with Crippen LogP contribution in [0.15, 0.2) is 24.3 Å². The van der Waals surface area contributed by atoms with Gasteiger partial charge in [-0.05, 0) is 17.0 Å². The van der Waals surface area contributed by atoms with E-state index in [0.717, 1.165) is 0 Å². The number of benzene rings is 1. The molecule has 0 spiro atoms. The van der Waals surface area contributed by atoms with E-state index in [0.29, 0.717) is 12.5 Å². The van der Waals surface area contributed by atoms with E-state index in [-0.39, 0.29) is 17.7 Å². The average molecular weight is 258 g/mol. The van der Waals surface area contributed by atoms with E-state index in [1.165, 1.54) is 11.1 Å². The summed E-state index contributed by atoms with van der Waals surface area (Å²) in [7, 11) is 0. The lowest BCUT2D eigenvalue weighted by molar-refractivity contribution is -0.120. The molecule has 0 radical (unpaired) electrons. The zero-order valence-electron chi connectivity index (χ0n) is 12.2. The molecule has 0 aliphatic rings. The smallest absolute Gasteiger partial charge is 0.234 e. The highest BCUT2D eigenvalue weighted by molar-refractivity contribution is 5.78. The first kappa shape index (κ1) is 15.2. The zero-order valence-corrected chi connectivity index (χ0v) is 12.2. The molecule has 0 aromatic heterocycles. The molecular weight excluding hydrogens is 236 g/mol. The molecule has 0 bridgehead atoms. The first-order valence-electron chi connectivity index (χ1n) is 6.61. The number of nitrogens with one attached hydrogen (secondary N) is 1. The highest BCUT2D eigenvalue weighted by Gasteiger charge is 2.21. The third kappa shape index (κ3) is 4.40. The van der Waals surface area contributed by atoms with Gasteiger partial charge in [0.1, 0.15) is 6.42 Å². The fraction of sp³-hybridized carbons (Fsp3) is 0.500. The number of nitriles is 1. The number of carbonyl (C=O) groups is 1. The van der Waals surface area contributed by atoms with Gasteiger partial charge in [0.25, 0.3) is 0 Å². The molecule has 0 aliphatic heterocycles. The second-order valence-corrected chi connectivity index (χ2v) is 5.77. The zero-order chi connectivity index (χ0) is 14.5. The number of carbonyl (C=O) groups excluding carboxylic acids is 1. The molecule has 1 aromatic rings. The Kier molecular flexibility index (Phi) is 5.11. The maximum Gasteiger partial charge on any atom is 0.234 e. The predicted molar refractivity (Wildman–Crippen MR) is 76.8 cm³/mol. The molecule has 19 heavy (non-hydrogen) atoms. The molecular formula is C16H22N2O. The first-order chi connectivity index (χ1) is 8.86. The van der Waals surface area contributed by atoms with Gasteiger partial charge in [-0.3, -0.25) is 4.79 Å². The maximum atomic E-state index is 11.3. The summed E-state index contributed by atoms with van der Waals surface area (Å²) in [5.41, 5.74) is 2.36. The van der Waals surface area contributed by atoms with Gasteiger partial charge in [0.2, 0.25) is 5.91 Å². The van der Waals surface area contributed by atoms with Gasteiger partial charge >= 0.3 is 0 Å². The normalized spacial score (nSPS) is 11.2. The molecule has 1 amide bonds. The fourth-order valence-electron chi connectivity index (χ4n) is 1.88. The van der Waals surface area contributed by atoms with E-state index in [1.807, 2.05) is 6.07 Å². The van der Waals surface area contributed by atoms with Crippen LogP contribution in [-0.4, -0.2) is 12.5 Å². The molecule has 0 unspecified atom stereocenters. The topological polar surface area (TPSA) is 52.9 Å². The second kappa shape index (κ2) is 6.38. The number of rotatable bonds is 5. The molecule has 0 heterocycles. The van der Waals surface area contributed by atoms with E-state index in [1.54, 1.807) is 0 Å². The summed E-state index contributed by atoms with van der Waals surface area (Å²) in [5, 5.41) is 11.3. The average Bonchev–Trinajstić information content (AvgIpc) is 2.37. The van der Waals surface area contributed by atoms with Crippen molar-refractivity contribution in [3.63, 3.8) is 0 Å². The Hall–Kier alpha value is -1.82. The summed E-state index contributed by atoms with van der Waals surface area (Å²) in [6.07, 6.45) is -0.0810. The van der Waals surface area contributed by atoms with Gasteiger partial charge in [0, 0.05) is 12.0 Å². The van der Waals surface area contributed by atoms with Crippen molar-refractivity contribution in [1.82, 2.24) is 5.32 Å². The molecule has 0 aliphatic carbocycles. The van der Waals surface area contributed by atoms with Crippen LogP contribution < -0.4 is 5.32 Å². The summed E-state index contributed by atoms with van der Waals surface area (Å²) in [6.45, 7) is 9.05. The van der Waals surface area contributed by atoms with Crippen LogP contribution >= 0.6 is 0 Å². The van der Waals surface area contributed by atoms with E-state index >= 15 is 0 Å². The Labute approximate surface area is 115 Å². The van der Waals surface area contributed by atoms with Crippen molar-refractivity contribution in [3.05, 3.63) is 35.4 Å². The lowest BCUT2D eigenvalue weighted by atomic mass is 9.83. The van der Waals surface area contributed by atoms with Gasteiger partial charge in [-0.25, -0.2) is 0 Å². The van der Waals surface area contributed by atoms with Crippen LogP contribution in [0.1, 0.15) is 51.2 Å². The first-order valence-corrected chi connectivity index (χ1v) is 6.61. The quantitative estimate of drug-likeness (QED) is 0.882. The van der Waals surface area contributed by atoms with Gasteiger partial charge in [0.05, 0.1) is 6.07 Å². The van der Waals surface area contributed by atoms with Crippen LogP contribution in [0.4, 0.5) is 0 Å². The van der Waals surface area contributed by atoms with E-state index in [2.05, 4.69) is 57.3 Å². The van der Waals surface area contributed by atoms with Crippen LogP contribution in [0, 0.1) is 11.3 Å². The maximum absolute atomic E-state index is 11.3. The Morgan fingerprint density at radius 3 is 2.37 bits per heavy atom.